The van der Waals surface area contributed by atoms with E-state index in [1.54, 1.807) is 18.2 Å². The summed E-state index contributed by atoms with van der Waals surface area (Å²) in [6, 6.07) is 12.9. The molecule has 0 radical (unpaired) electrons. The van der Waals surface area contributed by atoms with Crippen molar-refractivity contribution in [2.75, 3.05) is 5.32 Å². The first-order valence-corrected chi connectivity index (χ1v) is 10.4. The second-order valence-corrected chi connectivity index (χ2v) is 8.94. The molecular weight excluding hydrogens is 416 g/mol. The van der Waals surface area contributed by atoms with Crippen molar-refractivity contribution in [3.05, 3.63) is 88.0 Å². The van der Waals surface area contributed by atoms with Crippen LogP contribution in [-0.2, 0) is 0 Å². The van der Waals surface area contributed by atoms with Crippen LogP contribution >= 0.6 is 11.6 Å². The molecule has 0 saturated heterocycles. The Kier molecular flexibility index (Phi) is 4.45. The molecule has 156 valence electrons. The molecule has 2 aliphatic heterocycles. The Morgan fingerprint density at radius 3 is 2.58 bits per heavy atom. The fraction of sp³-hybridized carbons (Fsp3) is 0.154. The third kappa shape index (κ3) is 3.41. The van der Waals surface area contributed by atoms with Gasteiger partial charge in [0.15, 0.2) is 0 Å². The lowest BCUT2D eigenvalue weighted by atomic mass is 9.83. The van der Waals surface area contributed by atoms with E-state index in [4.69, 9.17) is 16.3 Å². The van der Waals surface area contributed by atoms with E-state index in [9.17, 15) is 8.78 Å². The highest BCUT2D eigenvalue weighted by molar-refractivity contribution is 6.31. The van der Waals surface area contributed by atoms with Crippen molar-refractivity contribution in [1.29, 1.82) is 0 Å². The van der Waals surface area contributed by atoms with Gasteiger partial charge in [-0.25, -0.2) is 8.78 Å². The zero-order valence-corrected chi connectivity index (χ0v) is 18.1. The maximum Gasteiger partial charge on any atom is 0.136 e. The van der Waals surface area contributed by atoms with E-state index < -0.39 is 11.6 Å². The number of fused-ring (bicyclic) bond motifs is 5. The summed E-state index contributed by atoms with van der Waals surface area (Å²) in [5.41, 5.74) is 5.55. The zero-order chi connectivity index (χ0) is 21.9. The van der Waals surface area contributed by atoms with Gasteiger partial charge >= 0.3 is 0 Å². The van der Waals surface area contributed by atoms with Gasteiger partial charge in [-0.1, -0.05) is 23.7 Å². The average Bonchev–Trinajstić information content (AvgIpc) is 2.69. The first kappa shape index (κ1) is 19.8. The largest absolute Gasteiger partial charge is 0.456 e. The van der Waals surface area contributed by atoms with Crippen molar-refractivity contribution in [1.82, 2.24) is 0 Å². The lowest BCUT2D eigenvalue weighted by molar-refractivity contribution is 0.514. The van der Waals surface area contributed by atoms with Crippen molar-refractivity contribution in [3.8, 4) is 16.9 Å². The summed E-state index contributed by atoms with van der Waals surface area (Å²) in [6.45, 7) is 6.25. The molecule has 2 nitrogen and oxygen atoms in total. The first-order chi connectivity index (χ1) is 14.7. The van der Waals surface area contributed by atoms with Crippen molar-refractivity contribution in [3.63, 3.8) is 0 Å². The van der Waals surface area contributed by atoms with Crippen LogP contribution in [-0.4, -0.2) is 5.54 Å². The molecule has 0 aromatic heterocycles. The van der Waals surface area contributed by atoms with Gasteiger partial charge in [-0.2, -0.15) is 0 Å². The predicted molar refractivity (Wildman–Crippen MR) is 123 cm³/mol. The van der Waals surface area contributed by atoms with Gasteiger partial charge in [0.1, 0.15) is 23.1 Å². The van der Waals surface area contributed by atoms with Gasteiger partial charge in [0.2, 0.25) is 0 Å². The minimum absolute atomic E-state index is 0.127. The van der Waals surface area contributed by atoms with Crippen LogP contribution in [0.5, 0.6) is 5.75 Å². The molecule has 0 atom stereocenters. The zero-order valence-electron chi connectivity index (χ0n) is 17.3. The van der Waals surface area contributed by atoms with Gasteiger partial charge in [-0.15, -0.1) is 0 Å². The van der Waals surface area contributed by atoms with Crippen molar-refractivity contribution in [2.45, 2.75) is 26.3 Å². The van der Waals surface area contributed by atoms with E-state index in [1.165, 1.54) is 6.07 Å². The maximum atomic E-state index is 14.5. The van der Waals surface area contributed by atoms with E-state index >= 15 is 0 Å². The number of ether oxygens (including phenoxy) is 1. The highest BCUT2D eigenvalue weighted by Gasteiger charge is 2.31. The van der Waals surface area contributed by atoms with Crippen molar-refractivity contribution >= 4 is 34.7 Å². The highest BCUT2D eigenvalue weighted by Crippen LogP contribution is 2.49. The molecule has 3 aromatic rings. The summed E-state index contributed by atoms with van der Waals surface area (Å²) in [5.74, 6) is 0.0504. The molecule has 0 spiro atoms. The highest BCUT2D eigenvalue weighted by atomic mass is 35.5. The Labute approximate surface area is 184 Å². The molecule has 31 heavy (non-hydrogen) atoms. The normalized spacial score (nSPS) is 17.1. The molecule has 0 fully saturated rings. The number of benzene rings is 3. The molecule has 1 N–H and O–H groups in total. The monoisotopic (exact) mass is 435 g/mol. The Morgan fingerprint density at radius 2 is 1.77 bits per heavy atom. The van der Waals surface area contributed by atoms with E-state index in [1.807, 2.05) is 18.2 Å². The number of anilines is 1. The van der Waals surface area contributed by atoms with Gasteiger partial charge in [-0.3, -0.25) is 0 Å². The molecule has 0 bridgehead atoms. The topological polar surface area (TPSA) is 21.3 Å². The molecular formula is C26H20ClF2NO. The molecule has 0 saturated carbocycles. The van der Waals surface area contributed by atoms with E-state index in [0.717, 1.165) is 45.6 Å². The molecule has 0 amide bonds. The van der Waals surface area contributed by atoms with Gasteiger partial charge in [-0.05, 0) is 80.4 Å². The summed E-state index contributed by atoms with van der Waals surface area (Å²) in [6.07, 6.45) is 3.71. The standard InChI is InChI=1S/C26H20ClF2NO/c1-14-13-26(2,3)30-21-8-6-18-19-12-16(27)4-9-22(19)31-23(25(18)24(14)21)11-15-10-17(28)5-7-20(15)29/h4-13,30H,1-3H3/b23-11-. The van der Waals surface area contributed by atoms with Crippen LogP contribution in [0.4, 0.5) is 14.5 Å². The number of rotatable bonds is 1. The maximum absolute atomic E-state index is 14.5. The Hall–Kier alpha value is -3.11. The van der Waals surface area contributed by atoms with Crippen LogP contribution < -0.4 is 10.1 Å². The predicted octanol–water partition coefficient (Wildman–Crippen LogP) is 7.78. The fourth-order valence-corrected chi connectivity index (χ4v) is 4.60. The van der Waals surface area contributed by atoms with Crippen LogP contribution in [0, 0.1) is 11.6 Å². The Balaban J connectivity index is 1.82. The third-order valence-corrected chi connectivity index (χ3v) is 5.81. The number of allylic oxidation sites excluding steroid dienone is 1. The molecule has 0 unspecified atom stereocenters. The minimum Gasteiger partial charge on any atom is -0.456 e. The summed E-state index contributed by atoms with van der Waals surface area (Å²) in [5, 5.41) is 4.14. The minimum atomic E-state index is -0.516. The average molecular weight is 436 g/mol. The fourth-order valence-electron chi connectivity index (χ4n) is 4.43. The number of hydrogen-bond donors (Lipinski definition) is 1. The second-order valence-electron chi connectivity index (χ2n) is 8.50. The smallest absolute Gasteiger partial charge is 0.136 e. The SMILES string of the molecule is CC1=CC(C)(C)Nc2ccc3c(c21)/C(=C/c1cc(F)ccc1F)Oc1ccc(Cl)cc1-3. The number of halogens is 3. The second kappa shape index (κ2) is 6.96. The Morgan fingerprint density at radius 1 is 0.968 bits per heavy atom. The number of nitrogens with one attached hydrogen (secondary N) is 1. The van der Waals surface area contributed by atoms with E-state index in [0.29, 0.717) is 16.5 Å². The third-order valence-electron chi connectivity index (χ3n) is 5.58. The van der Waals surface area contributed by atoms with Crippen LogP contribution in [0.3, 0.4) is 0 Å². The van der Waals surface area contributed by atoms with E-state index in [2.05, 4.69) is 32.2 Å². The Bertz CT molecular complexity index is 1310. The molecule has 2 aliphatic rings. The van der Waals surface area contributed by atoms with Gasteiger partial charge < -0.3 is 10.1 Å². The molecule has 5 heteroatoms. The molecule has 2 heterocycles. The lowest BCUT2D eigenvalue weighted by Gasteiger charge is -2.35. The van der Waals surface area contributed by atoms with Gasteiger partial charge in [0.05, 0.1) is 5.54 Å². The van der Waals surface area contributed by atoms with E-state index in [-0.39, 0.29) is 11.1 Å². The van der Waals surface area contributed by atoms with Gasteiger partial charge in [0, 0.05) is 33.0 Å². The van der Waals surface area contributed by atoms with Gasteiger partial charge in [0.25, 0.3) is 0 Å². The summed E-state index contributed by atoms with van der Waals surface area (Å²) in [7, 11) is 0. The molecule has 3 aromatic carbocycles. The van der Waals surface area contributed by atoms with Crippen molar-refractivity contribution < 1.29 is 13.5 Å². The number of hydrogen-bond acceptors (Lipinski definition) is 2. The quantitative estimate of drug-likeness (QED) is 0.421. The van der Waals surface area contributed by atoms with Crippen LogP contribution in [0.1, 0.15) is 37.5 Å². The van der Waals surface area contributed by atoms with Crippen LogP contribution in [0.25, 0.3) is 28.5 Å². The summed E-state index contributed by atoms with van der Waals surface area (Å²) < 4.78 is 34.5. The molecule has 0 aliphatic carbocycles. The lowest BCUT2D eigenvalue weighted by Crippen LogP contribution is -2.32. The van der Waals surface area contributed by atoms with Crippen LogP contribution in [0.2, 0.25) is 5.02 Å². The first-order valence-electron chi connectivity index (χ1n) is 10.0. The molecule has 5 rings (SSSR count). The van der Waals surface area contributed by atoms with Crippen LogP contribution in [0.15, 0.2) is 54.6 Å². The van der Waals surface area contributed by atoms with Crippen molar-refractivity contribution in [2.24, 2.45) is 0 Å². The summed E-state index contributed by atoms with van der Waals surface area (Å²) in [4.78, 5) is 0. The summed E-state index contributed by atoms with van der Waals surface area (Å²) >= 11 is 6.27.